The second kappa shape index (κ2) is 6.46. The van der Waals surface area contributed by atoms with Gasteiger partial charge >= 0.3 is 5.97 Å². The fraction of sp³-hybridized carbons (Fsp3) is 0.778. The van der Waals surface area contributed by atoms with Gasteiger partial charge in [0.25, 0.3) is 0 Å². The summed E-state index contributed by atoms with van der Waals surface area (Å²) in [6.45, 7) is 4.25. The molecule has 1 atom stereocenters. The lowest BCUT2D eigenvalue weighted by Crippen LogP contribution is -2.24. The van der Waals surface area contributed by atoms with Gasteiger partial charge in [-0.15, -0.1) is 0 Å². The molecule has 0 aliphatic rings. The second-order valence-corrected chi connectivity index (χ2v) is 3.13. The van der Waals surface area contributed by atoms with Crippen LogP contribution in [0.5, 0.6) is 0 Å². The number of amides is 1. The number of rotatable bonds is 6. The van der Waals surface area contributed by atoms with Gasteiger partial charge in [-0.3, -0.25) is 9.59 Å². The van der Waals surface area contributed by atoms with Crippen LogP contribution in [0.25, 0.3) is 0 Å². The number of hydrogen-bond donors (Lipinski definition) is 2. The Morgan fingerprint density at radius 2 is 2.08 bits per heavy atom. The molecular formula is C9H17NO3. The highest BCUT2D eigenvalue weighted by atomic mass is 16.4. The summed E-state index contributed by atoms with van der Waals surface area (Å²) in [4.78, 5) is 21.4. The first-order chi connectivity index (χ1) is 6.07. The normalized spacial score (nSPS) is 12.2. The molecule has 2 N–H and O–H groups in total. The molecule has 0 radical (unpaired) electrons. The number of carbonyl (C=O) groups is 2. The highest BCUT2D eigenvalue weighted by molar-refractivity contribution is 5.77. The van der Waals surface area contributed by atoms with Gasteiger partial charge in [-0.1, -0.05) is 13.8 Å². The average Bonchev–Trinajstić information content (AvgIpc) is 2.10. The summed E-state index contributed by atoms with van der Waals surface area (Å²) in [5, 5.41) is 11.2. The minimum atomic E-state index is -0.844. The largest absolute Gasteiger partial charge is 0.481 e. The molecule has 0 aromatic carbocycles. The molecule has 0 rings (SSSR count). The number of nitrogens with one attached hydrogen (secondary N) is 1. The standard InChI is InChI=1S/C9H17NO3/c1-3-6-10-8(11)5-4-7(2)9(12)13/h7H,3-6H2,1-2H3,(H,10,11)(H,12,13). The van der Waals surface area contributed by atoms with Crippen molar-refractivity contribution < 1.29 is 14.7 Å². The van der Waals surface area contributed by atoms with E-state index < -0.39 is 11.9 Å². The van der Waals surface area contributed by atoms with Crippen LogP contribution in [-0.4, -0.2) is 23.5 Å². The molecular weight excluding hydrogens is 170 g/mol. The number of aliphatic carboxylic acids is 1. The highest BCUT2D eigenvalue weighted by Gasteiger charge is 2.12. The molecule has 1 unspecified atom stereocenters. The lowest BCUT2D eigenvalue weighted by atomic mass is 10.1. The maximum Gasteiger partial charge on any atom is 0.306 e. The van der Waals surface area contributed by atoms with Gasteiger partial charge in [-0.05, 0) is 12.8 Å². The molecule has 0 saturated heterocycles. The van der Waals surface area contributed by atoms with Crippen molar-refractivity contribution in [3.8, 4) is 0 Å². The summed E-state index contributed by atoms with van der Waals surface area (Å²) in [6, 6.07) is 0. The third-order valence-electron chi connectivity index (χ3n) is 1.80. The smallest absolute Gasteiger partial charge is 0.306 e. The van der Waals surface area contributed by atoms with Crippen molar-refractivity contribution >= 4 is 11.9 Å². The predicted molar refractivity (Wildman–Crippen MR) is 49.3 cm³/mol. The number of carboxylic acid groups (broad SMARTS) is 1. The van der Waals surface area contributed by atoms with E-state index in [4.69, 9.17) is 5.11 Å². The molecule has 4 heteroatoms. The fourth-order valence-corrected chi connectivity index (χ4v) is 0.824. The quantitative estimate of drug-likeness (QED) is 0.652. The number of carboxylic acids is 1. The van der Waals surface area contributed by atoms with E-state index >= 15 is 0 Å². The number of hydrogen-bond acceptors (Lipinski definition) is 2. The zero-order chi connectivity index (χ0) is 10.3. The fourth-order valence-electron chi connectivity index (χ4n) is 0.824. The third-order valence-corrected chi connectivity index (χ3v) is 1.80. The molecule has 0 aromatic rings. The third kappa shape index (κ3) is 6.13. The Labute approximate surface area is 78.3 Å². The monoisotopic (exact) mass is 187 g/mol. The Kier molecular flexibility index (Phi) is 5.93. The van der Waals surface area contributed by atoms with Crippen molar-refractivity contribution in [2.24, 2.45) is 5.92 Å². The SMILES string of the molecule is CCCNC(=O)CCC(C)C(=O)O. The van der Waals surface area contributed by atoms with Gasteiger partial charge in [0.2, 0.25) is 5.91 Å². The van der Waals surface area contributed by atoms with Crippen molar-refractivity contribution in [3.63, 3.8) is 0 Å². The van der Waals surface area contributed by atoms with E-state index in [0.29, 0.717) is 19.4 Å². The minimum absolute atomic E-state index is 0.0602. The Morgan fingerprint density at radius 3 is 2.54 bits per heavy atom. The molecule has 0 saturated carbocycles. The lowest BCUT2D eigenvalue weighted by molar-refractivity contribution is -0.141. The minimum Gasteiger partial charge on any atom is -0.481 e. The van der Waals surface area contributed by atoms with Crippen molar-refractivity contribution in [1.29, 1.82) is 0 Å². The Bertz CT molecular complexity index is 180. The molecule has 0 heterocycles. The second-order valence-electron chi connectivity index (χ2n) is 3.13. The zero-order valence-electron chi connectivity index (χ0n) is 8.17. The zero-order valence-corrected chi connectivity index (χ0v) is 8.17. The van der Waals surface area contributed by atoms with E-state index in [-0.39, 0.29) is 5.91 Å². The van der Waals surface area contributed by atoms with Gasteiger partial charge in [0.05, 0.1) is 5.92 Å². The van der Waals surface area contributed by atoms with Gasteiger partial charge in [-0.2, -0.15) is 0 Å². The Balaban J connectivity index is 3.52. The van der Waals surface area contributed by atoms with Crippen LogP contribution < -0.4 is 5.32 Å². The molecule has 13 heavy (non-hydrogen) atoms. The van der Waals surface area contributed by atoms with E-state index in [1.165, 1.54) is 0 Å². The van der Waals surface area contributed by atoms with Crippen LogP contribution in [0.3, 0.4) is 0 Å². The summed E-state index contributed by atoms with van der Waals surface area (Å²) >= 11 is 0. The molecule has 76 valence electrons. The van der Waals surface area contributed by atoms with E-state index in [0.717, 1.165) is 6.42 Å². The molecule has 1 amide bonds. The first kappa shape index (κ1) is 11.9. The first-order valence-electron chi connectivity index (χ1n) is 4.57. The van der Waals surface area contributed by atoms with Crippen LogP contribution in [0.1, 0.15) is 33.1 Å². The number of carbonyl (C=O) groups excluding carboxylic acids is 1. The topological polar surface area (TPSA) is 66.4 Å². The van der Waals surface area contributed by atoms with Crippen LogP contribution in [0.15, 0.2) is 0 Å². The van der Waals surface area contributed by atoms with Crippen LogP contribution in [0.4, 0.5) is 0 Å². The van der Waals surface area contributed by atoms with Crippen molar-refractivity contribution in [2.75, 3.05) is 6.54 Å². The molecule has 0 fully saturated rings. The van der Waals surface area contributed by atoms with Crippen LogP contribution >= 0.6 is 0 Å². The van der Waals surface area contributed by atoms with Crippen molar-refractivity contribution in [2.45, 2.75) is 33.1 Å². The summed E-state index contributed by atoms with van der Waals surface area (Å²) < 4.78 is 0. The van der Waals surface area contributed by atoms with Gasteiger partial charge in [0.1, 0.15) is 0 Å². The summed E-state index contributed by atoms with van der Waals surface area (Å²) in [5.74, 6) is -1.34. The highest BCUT2D eigenvalue weighted by Crippen LogP contribution is 2.04. The van der Waals surface area contributed by atoms with Crippen LogP contribution in [0, 0.1) is 5.92 Å². The lowest BCUT2D eigenvalue weighted by Gasteiger charge is -2.05. The maximum absolute atomic E-state index is 11.0. The Hall–Kier alpha value is -1.06. The first-order valence-corrected chi connectivity index (χ1v) is 4.57. The predicted octanol–water partition coefficient (Wildman–Crippen LogP) is 1.01. The van der Waals surface area contributed by atoms with Gasteiger partial charge < -0.3 is 10.4 Å². The van der Waals surface area contributed by atoms with Crippen molar-refractivity contribution in [3.05, 3.63) is 0 Å². The summed E-state index contributed by atoms with van der Waals surface area (Å²) in [5.41, 5.74) is 0. The molecule has 0 spiro atoms. The van der Waals surface area contributed by atoms with Crippen molar-refractivity contribution in [1.82, 2.24) is 5.32 Å². The molecule has 0 aromatic heterocycles. The van der Waals surface area contributed by atoms with E-state index in [2.05, 4.69) is 5.32 Å². The van der Waals surface area contributed by atoms with Crippen LogP contribution in [0.2, 0.25) is 0 Å². The molecule has 0 bridgehead atoms. The molecule has 0 aliphatic heterocycles. The Morgan fingerprint density at radius 1 is 1.46 bits per heavy atom. The maximum atomic E-state index is 11.0. The molecule has 4 nitrogen and oxygen atoms in total. The van der Waals surface area contributed by atoms with Gasteiger partial charge in [-0.25, -0.2) is 0 Å². The van der Waals surface area contributed by atoms with Crippen LogP contribution in [-0.2, 0) is 9.59 Å². The van der Waals surface area contributed by atoms with Gasteiger partial charge in [0.15, 0.2) is 0 Å². The summed E-state index contributed by atoms with van der Waals surface area (Å²) in [7, 11) is 0. The summed E-state index contributed by atoms with van der Waals surface area (Å²) in [6.07, 6.45) is 1.61. The van der Waals surface area contributed by atoms with E-state index in [1.54, 1.807) is 6.92 Å². The van der Waals surface area contributed by atoms with E-state index in [9.17, 15) is 9.59 Å². The van der Waals surface area contributed by atoms with Gasteiger partial charge in [0, 0.05) is 13.0 Å². The average molecular weight is 187 g/mol. The molecule has 0 aliphatic carbocycles. The van der Waals surface area contributed by atoms with E-state index in [1.807, 2.05) is 6.92 Å².